The van der Waals surface area contributed by atoms with E-state index in [0.29, 0.717) is 5.69 Å². The number of rotatable bonds is 4. The number of carbonyl (C=O) groups is 1. The van der Waals surface area contributed by atoms with Gasteiger partial charge in [0.15, 0.2) is 0 Å². The maximum absolute atomic E-state index is 12.1. The van der Waals surface area contributed by atoms with E-state index in [1.54, 1.807) is 25.3 Å². The van der Waals surface area contributed by atoms with Gasteiger partial charge in [-0.25, -0.2) is 0 Å². The highest BCUT2D eigenvalue weighted by Crippen LogP contribution is 2.18. The summed E-state index contributed by atoms with van der Waals surface area (Å²) in [7, 11) is 3.32. The number of methoxy groups -OCH3 is 1. The number of ether oxygens (including phenoxy) is 1. The highest BCUT2D eigenvalue weighted by molar-refractivity contribution is 5.92. The Labute approximate surface area is 111 Å². The number of nitrogens with zero attached hydrogens (tertiary/aromatic N) is 3. The van der Waals surface area contributed by atoms with Gasteiger partial charge in [0.1, 0.15) is 12.3 Å². The van der Waals surface area contributed by atoms with Crippen molar-refractivity contribution >= 4 is 17.3 Å². The molecular weight excluding hydrogens is 244 g/mol. The molecule has 1 aromatic carbocycles. The Morgan fingerprint density at radius 1 is 1.42 bits per heavy atom. The van der Waals surface area contributed by atoms with Crippen molar-refractivity contribution in [3.05, 3.63) is 36.7 Å². The predicted octanol–water partition coefficient (Wildman–Crippen LogP) is 1.14. The average molecular weight is 260 g/mol. The van der Waals surface area contributed by atoms with E-state index in [9.17, 15) is 4.79 Å². The van der Waals surface area contributed by atoms with Crippen LogP contribution >= 0.6 is 0 Å². The topological polar surface area (TPSA) is 73.4 Å². The summed E-state index contributed by atoms with van der Waals surface area (Å²) in [6.07, 6.45) is 3.14. The normalized spacial score (nSPS) is 10.2. The van der Waals surface area contributed by atoms with Crippen LogP contribution in [0, 0.1) is 0 Å². The third-order valence-electron chi connectivity index (χ3n) is 2.78. The molecule has 2 aromatic rings. The Hall–Kier alpha value is -2.50. The molecule has 0 radical (unpaired) electrons. The zero-order chi connectivity index (χ0) is 13.8. The van der Waals surface area contributed by atoms with Crippen LogP contribution in [0.4, 0.5) is 11.4 Å². The number of aromatic nitrogens is 2. The lowest BCUT2D eigenvalue weighted by Gasteiger charge is -2.17. The van der Waals surface area contributed by atoms with E-state index >= 15 is 0 Å². The number of carbonyl (C=O) groups excluding carboxylic acids is 1. The Morgan fingerprint density at radius 2 is 2.11 bits per heavy atom. The van der Waals surface area contributed by atoms with Crippen LogP contribution in [-0.2, 0) is 11.3 Å². The number of nitrogen functional groups attached to an aromatic ring is 1. The fraction of sp³-hybridized carbons (Fsp3) is 0.231. The van der Waals surface area contributed by atoms with Crippen LogP contribution in [0.25, 0.3) is 0 Å². The van der Waals surface area contributed by atoms with E-state index in [-0.39, 0.29) is 12.5 Å². The molecule has 0 bridgehead atoms. The van der Waals surface area contributed by atoms with Gasteiger partial charge in [-0.1, -0.05) is 0 Å². The number of amides is 1. The summed E-state index contributed by atoms with van der Waals surface area (Å²) < 4.78 is 6.59. The maximum atomic E-state index is 12.1. The van der Waals surface area contributed by atoms with Crippen molar-refractivity contribution in [2.45, 2.75) is 6.54 Å². The van der Waals surface area contributed by atoms with Gasteiger partial charge in [0, 0.05) is 18.9 Å². The highest BCUT2D eigenvalue weighted by Gasteiger charge is 2.12. The molecule has 1 heterocycles. The van der Waals surface area contributed by atoms with Crippen molar-refractivity contribution in [3.63, 3.8) is 0 Å². The standard InChI is InChI=1S/C13H16N4O2/c1-16(11-3-5-12(19-2)6-4-11)13(18)9-17-8-10(14)7-15-17/h3-8H,9,14H2,1-2H3. The molecule has 0 atom stereocenters. The highest BCUT2D eigenvalue weighted by atomic mass is 16.5. The van der Waals surface area contributed by atoms with Gasteiger partial charge in [-0.2, -0.15) is 5.10 Å². The molecule has 0 saturated carbocycles. The lowest BCUT2D eigenvalue weighted by molar-refractivity contribution is -0.119. The van der Waals surface area contributed by atoms with Crippen LogP contribution in [0.1, 0.15) is 0 Å². The van der Waals surface area contributed by atoms with E-state index in [1.165, 1.54) is 10.9 Å². The molecule has 0 aliphatic rings. The maximum Gasteiger partial charge on any atom is 0.248 e. The number of benzene rings is 1. The quantitative estimate of drug-likeness (QED) is 0.894. The number of likely N-dealkylation sites (N-methyl/N-ethyl adjacent to an activating group) is 1. The van der Waals surface area contributed by atoms with Gasteiger partial charge < -0.3 is 15.4 Å². The minimum Gasteiger partial charge on any atom is -0.497 e. The van der Waals surface area contributed by atoms with Gasteiger partial charge >= 0.3 is 0 Å². The van der Waals surface area contributed by atoms with Gasteiger partial charge in [-0.3, -0.25) is 9.48 Å². The smallest absolute Gasteiger partial charge is 0.248 e. The number of hydrogen-bond donors (Lipinski definition) is 1. The molecule has 6 nitrogen and oxygen atoms in total. The first-order chi connectivity index (χ1) is 9.10. The molecule has 0 aliphatic heterocycles. The first-order valence-corrected chi connectivity index (χ1v) is 5.78. The zero-order valence-corrected chi connectivity index (χ0v) is 10.9. The van der Waals surface area contributed by atoms with E-state index in [4.69, 9.17) is 10.5 Å². The number of nitrogens with two attached hydrogens (primary N) is 1. The molecule has 0 aliphatic carbocycles. The zero-order valence-electron chi connectivity index (χ0n) is 10.9. The SMILES string of the molecule is COc1ccc(N(C)C(=O)Cn2cc(N)cn2)cc1. The fourth-order valence-electron chi connectivity index (χ4n) is 1.66. The molecule has 2 rings (SSSR count). The van der Waals surface area contributed by atoms with Crippen molar-refractivity contribution in [1.29, 1.82) is 0 Å². The Balaban J connectivity index is 2.05. The first-order valence-electron chi connectivity index (χ1n) is 5.78. The van der Waals surface area contributed by atoms with Crippen LogP contribution in [0.3, 0.4) is 0 Å². The van der Waals surface area contributed by atoms with Crippen LogP contribution in [0.5, 0.6) is 5.75 Å². The molecule has 1 aromatic heterocycles. The average Bonchev–Trinajstić information content (AvgIpc) is 2.83. The summed E-state index contributed by atoms with van der Waals surface area (Å²) in [5, 5.41) is 3.98. The van der Waals surface area contributed by atoms with Crippen molar-refractivity contribution in [2.75, 3.05) is 24.8 Å². The molecule has 0 spiro atoms. The summed E-state index contributed by atoms with van der Waals surface area (Å²) in [6.45, 7) is 0.153. The Bertz CT molecular complexity index is 562. The van der Waals surface area contributed by atoms with Crippen LogP contribution < -0.4 is 15.4 Å². The molecule has 6 heteroatoms. The molecule has 1 amide bonds. The molecule has 19 heavy (non-hydrogen) atoms. The second-order valence-corrected chi connectivity index (χ2v) is 4.12. The number of hydrogen-bond acceptors (Lipinski definition) is 4. The van der Waals surface area contributed by atoms with Crippen LogP contribution in [0.2, 0.25) is 0 Å². The summed E-state index contributed by atoms with van der Waals surface area (Å²) >= 11 is 0. The summed E-state index contributed by atoms with van der Waals surface area (Å²) in [6, 6.07) is 7.28. The first kappa shape index (κ1) is 12.9. The third-order valence-corrected chi connectivity index (χ3v) is 2.78. The van der Waals surface area contributed by atoms with E-state index in [1.807, 2.05) is 24.3 Å². The Kier molecular flexibility index (Phi) is 3.70. The van der Waals surface area contributed by atoms with E-state index in [0.717, 1.165) is 11.4 Å². The van der Waals surface area contributed by atoms with E-state index < -0.39 is 0 Å². The van der Waals surface area contributed by atoms with E-state index in [2.05, 4.69) is 5.10 Å². The van der Waals surface area contributed by atoms with Crippen LogP contribution in [0.15, 0.2) is 36.7 Å². The Morgan fingerprint density at radius 3 is 2.63 bits per heavy atom. The van der Waals surface area contributed by atoms with Gasteiger partial charge in [0.2, 0.25) is 5.91 Å². The van der Waals surface area contributed by atoms with Gasteiger partial charge in [-0.15, -0.1) is 0 Å². The number of anilines is 2. The van der Waals surface area contributed by atoms with Crippen LogP contribution in [-0.4, -0.2) is 29.8 Å². The molecule has 0 unspecified atom stereocenters. The minimum absolute atomic E-state index is 0.0757. The lowest BCUT2D eigenvalue weighted by atomic mass is 10.3. The van der Waals surface area contributed by atoms with Gasteiger partial charge in [0.05, 0.1) is 19.0 Å². The van der Waals surface area contributed by atoms with Gasteiger partial charge in [0.25, 0.3) is 0 Å². The molecule has 0 fully saturated rings. The summed E-state index contributed by atoms with van der Waals surface area (Å²) in [4.78, 5) is 13.6. The summed E-state index contributed by atoms with van der Waals surface area (Å²) in [5.74, 6) is 0.678. The largest absolute Gasteiger partial charge is 0.497 e. The molecule has 0 saturated heterocycles. The second-order valence-electron chi connectivity index (χ2n) is 4.12. The molecule has 2 N–H and O–H groups in total. The summed E-state index contributed by atoms with van der Waals surface area (Å²) in [5.41, 5.74) is 6.89. The van der Waals surface area contributed by atoms with Crippen molar-refractivity contribution in [3.8, 4) is 5.75 Å². The second kappa shape index (κ2) is 5.43. The minimum atomic E-state index is -0.0757. The molecule has 100 valence electrons. The van der Waals surface area contributed by atoms with Crippen molar-refractivity contribution < 1.29 is 9.53 Å². The third kappa shape index (κ3) is 3.04. The monoisotopic (exact) mass is 260 g/mol. The predicted molar refractivity (Wildman–Crippen MR) is 73.0 cm³/mol. The van der Waals surface area contributed by atoms with Crippen molar-refractivity contribution in [2.24, 2.45) is 0 Å². The van der Waals surface area contributed by atoms with Gasteiger partial charge in [-0.05, 0) is 24.3 Å². The lowest BCUT2D eigenvalue weighted by Crippen LogP contribution is -2.30. The fourth-order valence-corrected chi connectivity index (χ4v) is 1.66. The molecular formula is C13H16N4O2. The van der Waals surface area contributed by atoms with Crippen molar-refractivity contribution in [1.82, 2.24) is 9.78 Å².